The number of carbonyl (C=O) groups is 2. The van der Waals surface area contributed by atoms with E-state index in [0.29, 0.717) is 34.5 Å². The Bertz CT molecular complexity index is 1050. The van der Waals surface area contributed by atoms with Gasteiger partial charge in [-0.25, -0.2) is 10.2 Å². The van der Waals surface area contributed by atoms with Crippen molar-refractivity contribution in [1.29, 1.82) is 0 Å². The lowest BCUT2D eigenvalue weighted by Crippen LogP contribution is -2.19. The average molecular weight is 457 g/mol. The third-order valence-corrected chi connectivity index (χ3v) is 5.36. The Hall–Kier alpha value is -3.03. The van der Waals surface area contributed by atoms with Crippen LogP contribution >= 0.6 is 23.4 Å². The highest BCUT2D eigenvalue weighted by Crippen LogP contribution is 2.22. The molecule has 0 aliphatic rings. The molecule has 3 rings (SSSR count). The smallest absolute Gasteiger partial charge is 0.338 e. The van der Waals surface area contributed by atoms with Crippen molar-refractivity contribution in [2.45, 2.75) is 12.7 Å². The molecule has 0 saturated carbocycles. The molecule has 3 aromatic rings. The van der Waals surface area contributed by atoms with Crippen molar-refractivity contribution in [2.75, 3.05) is 12.4 Å². The molecule has 1 amide bonds. The topological polar surface area (TPSA) is 80.9 Å². The second kappa shape index (κ2) is 11.4. The van der Waals surface area contributed by atoms with Crippen molar-refractivity contribution in [1.82, 2.24) is 5.43 Å². The van der Waals surface area contributed by atoms with Crippen LogP contribution in [-0.4, -0.2) is 30.5 Å². The summed E-state index contributed by atoms with van der Waals surface area (Å²) in [5.74, 6) is 1.57. The second-order valence-electron chi connectivity index (χ2n) is 6.41. The highest BCUT2D eigenvalue weighted by atomic mass is 35.5. The van der Waals surface area contributed by atoms with Gasteiger partial charge in [-0.2, -0.15) is 5.10 Å². The van der Waals surface area contributed by atoms with E-state index in [1.54, 1.807) is 43.3 Å². The van der Waals surface area contributed by atoms with E-state index in [4.69, 9.17) is 20.8 Å². The zero-order valence-corrected chi connectivity index (χ0v) is 18.4. The molecule has 31 heavy (non-hydrogen) atoms. The summed E-state index contributed by atoms with van der Waals surface area (Å²) >= 11 is 7.35. The first-order valence-corrected chi connectivity index (χ1v) is 11.1. The van der Waals surface area contributed by atoms with E-state index in [2.05, 4.69) is 10.5 Å². The number of nitrogens with zero attached hydrogens (tertiary/aromatic N) is 1. The van der Waals surface area contributed by atoms with Gasteiger partial charge in [0, 0.05) is 16.3 Å². The van der Waals surface area contributed by atoms with Crippen LogP contribution in [0.2, 0.25) is 5.02 Å². The molecule has 0 fully saturated rings. The molecule has 0 aliphatic heterocycles. The Morgan fingerprint density at radius 3 is 2.55 bits per heavy atom. The molecule has 0 unspecified atom stereocenters. The lowest BCUT2D eigenvalue weighted by molar-refractivity contribution is -0.118. The van der Waals surface area contributed by atoms with Gasteiger partial charge in [-0.3, -0.25) is 4.79 Å². The van der Waals surface area contributed by atoms with Gasteiger partial charge in [-0.05, 0) is 48.9 Å². The van der Waals surface area contributed by atoms with Crippen LogP contribution in [0.25, 0.3) is 11.3 Å². The molecule has 2 aromatic carbocycles. The number of hydrogen-bond donors (Lipinski definition) is 1. The summed E-state index contributed by atoms with van der Waals surface area (Å²) in [5.41, 5.74) is 4.88. The van der Waals surface area contributed by atoms with Crippen molar-refractivity contribution < 1.29 is 18.7 Å². The van der Waals surface area contributed by atoms with Crippen LogP contribution in [0.3, 0.4) is 0 Å². The maximum Gasteiger partial charge on any atom is 0.338 e. The van der Waals surface area contributed by atoms with Gasteiger partial charge in [0.15, 0.2) is 0 Å². The van der Waals surface area contributed by atoms with Crippen LogP contribution in [0.1, 0.15) is 28.6 Å². The van der Waals surface area contributed by atoms with Crippen LogP contribution in [0.15, 0.2) is 70.2 Å². The number of hydrazone groups is 1. The van der Waals surface area contributed by atoms with Gasteiger partial charge in [-0.15, -0.1) is 11.8 Å². The van der Waals surface area contributed by atoms with Crippen LogP contribution < -0.4 is 5.43 Å². The Kier molecular flexibility index (Phi) is 8.32. The highest BCUT2D eigenvalue weighted by Gasteiger charge is 2.08. The number of rotatable bonds is 9. The molecule has 8 heteroatoms. The minimum atomic E-state index is -0.358. The fraction of sp³-hybridized carbons (Fsp3) is 0.174. The standard InChI is InChI=1S/C23H21ClN2O4S/c1-2-29-23(28)18-7-5-17(6-8-18)21-12-11-20(30-21)13-25-26-22(27)15-31-14-16-3-9-19(24)10-4-16/h3-13H,2,14-15H2,1H3,(H,26,27)/b25-13-. The normalized spacial score (nSPS) is 10.9. The number of thioether (sulfide) groups is 1. The maximum absolute atomic E-state index is 11.9. The molecule has 1 N–H and O–H groups in total. The number of ether oxygens (including phenoxy) is 1. The lowest BCUT2D eigenvalue weighted by Gasteiger charge is -2.02. The molecule has 0 aliphatic carbocycles. The SMILES string of the molecule is CCOC(=O)c1ccc(-c2ccc(/C=N\NC(=O)CSCc3ccc(Cl)cc3)o2)cc1. The molecule has 160 valence electrons. The summed E-state index contributed by atoms with van der Waals surface area (Å²) < 4.78 is 10.7. The molecule has 1 aromatic heterocycles. The first kappa shape index (κ1) is 22.7. The molecule has 0 saturated heterocycles. The number of hydrogen-bond acceptors (Lipinski definition) is 6. The molecule has 0 radical (unpaired) electrons. The van der Waals surface area contributed by atoms with Gasteiger partial charge in [0.1, 0.15) is 11.5 Å². The first-order valence-electron chi connectivity index (χ1n) is 9.56. The molecule has 0 spiro atoms. The van der Waals surface area contributed by atoms with E-state index < -0.39 is 0 Å². The van der Waals surface area contributed by atoms with Gasteiger partial charge in [0.2, 0.25) is 5.91 Å². The number of amides is 1. The van der Waals surface area contributed by atoms with Crippen LogP contribution in [0.4, 0.5) is 0 Å². The molecular formula is C23H21ClN2O4S. The average Bonchev–Trinajstić information content (AvgIpc) is 3.24. The van der Waals surface area contributed by atoms with Gasteiger partial charge in [0.25, 0.3) is 0 Å². The molecule has 0 atom stereocenters. The Morgan fingerprint density at radius 2 is 1.84 bits per heavy atom. The number of nitrogens with one attached hydrogen (secondary N) is 1. The predicted octanol–water partition coefficient (Wildman–Crippen LogP) is 5.16. The van der Waals surface area contributed by atoms with E-state index in [1.165, 1.54) is 18.0 Å². The van der Waals surface area contributed by atoms with Gasteiger partial charge >= 0.3 is 5.97 Å². The summed E-state index contributed by atoms with van der Waals surface area (Å²) in [7, 11) is 0. The zero-order chi connectivity index (χ0) is 22.1. The van der Waals surface area contributed by atoms with Crippen LogP contribution in [0, 0.1) is 0 Å². The van der Waals surface area contributed by atoms with Gasteiger partial charge in [-0.1, -0.05) is 35.9 Å². The third kappa shape index (κ3) is 7.01. The molecule has 1 heterocycles. The Balaban J connectivity index is 1.46. The van der Waals surface area contributed by atoms with Crippen LogP contribution in [0.5, 0.6) is 0 Å². The van der Waals surface area contributed by atoms with Crippen LogP contribution in [-0.2, 0) is 15.3 Å². The fourth-order valence-electron chi connectivity index (χ4n) is 2.60. The Morgan fingerprint density at radius 1 is 1.10 bits per heavy atom. The van der Waals surface area contributed by atoms with Crippen molar-refractivity contribution >= 4 is 41.5 Å². The maximum atomic E-state index is 11.9. The minimum absolute atomic E-state index is 0.198. The highest BCUT2D eigenvalue weighted by molar-refractivity contribution is 7.99. The van der Waals surface area contributed by atoms with E-state index in [9.17, 15) is 9.59 Å². The lowest BCUT2D eigenvalue weighted by atomic mass is 10.1. The number of benzene rings is 2. The minimum Gasteiger partial charge on any atom is -0.462 e. The zero-order valence-electron chi connectivity index (χ0n) is 16.8. The summed E-state index contributed by atoms with van der Waals surface area (Å²) in [6.45, 7) is 2.10. The largest absolute Gasteiger partial charge is 0.462 e. The van der Waals surface area contributed by atoms with Crippen molar-refractivity contribution in [3.63, 3.8) is 0 Å². The summed E-state index contributed by atoms with van der Waals surface area (Å²) in [6, 6.07) is 18.0. The first-order chi connectivity index (χ1) is 15.0. The fourth-order valence-corrected chi connectivity index (χ4v) is 3.51. The molecule has 0 bridgehead atoms. The Labute approximate surface area is 189 Å². The number of carbonyl (C=O) groups excluding carboxylic acids is 2. The second-order valence-corrected chi connectivity index (χ2v) is 7.83. The summed E-state index contributed by atoms with van der Waals surface area (Å²) in [6.07, 6.45) is 1.44. The monoisotopic (exact) mass is 456 g/mol. The number of esters is 1. The summed E-state index contributed by atoms with van der Waals surface area (Å²) in [5, 5.41) is 4.62. The third-order valence-electron chi connectivity index (χ3n) is 4.10. The molecule has 6 nitrogen and oxygen atoms in total. The molecular weight excluding hydrogens is 436 g/mol. The summed E-state index contributed by atoms with van der Waals surface area (Å²) in [4.78, 5) is 23.6. The van der Waals surface area contributed by atoms with Crippen molar-refractivity contribution in [2.24, 2.45) is 5.10 Å². The van der Waals surface area contributed by atoms with Gasteiger partial charge in [0.05, 0.1) is 24.1 Å². The number of furan rings is 1. The van der Waals surface area contributed by atoms with E-state index in [0.717, 1.165) is 11.1 Å². The number of halogens is 1. The quantitative estimate of drug-likeness (QED) is 0.273. The van der Waals surface area contributed by atoms with E-state index in [-0.39, 0.29) is 17.6 Å². The van der Waals surface area contributed by atoms with E-state index >= 15 is 0 Å². The predicted molar refractivity (Wildman–Crippen MR) is 123 cm³/mol. The van der Waals surface area contributed by atoms with Gasteiger partial charge < -0.3 is 9.15 Å². The van der Waals surface area contributed by atoms with E-state index in [1.807, 2.05) is 24.3 Å². The van der Waals surface area contributed by atoms with Crippen molar-refractivity contribution in [3.8, 4) is 11.3 Å². The van der Waals surface area contributed by atoms with Crippen molar-refractivity contribution in [3.05, 3.63) is 82.6 Å².